The maximum absolute atomic E-state index is 2.27. The largest absolute Gasteiger partial charge is 0.312 e. The highest BCUT2D eigenvalue weighted by molar-refractivity contribution is 4.43. The Morgan fingerprint density at radius 2 is 0.786 bits per heavy atom. The van der Waals surface area contributed by atoms with E-state index in [1.165, 1.54) is 51.4 Å². The summed E-state index contributed by atoms with van der Waals surface area (Å²) < 4.78 is 0. The summed E-state index contributed by atoms with van der Waals surface area (Å²) in [6.07, 6.45) is 11.5. The minimum atomic E-state index is 1.37. The van der Waals surface area contributed by atoms with E-state index in [0.717, 1.165) is 0 Å². The molecule has 1 nitrogen and oxygen atoms in total. The molecule has 88 valence electrons. The summed E-state index contributed by atoms with van der Waals surface area (Å²) in [5.41, 5.74) is 0. The predicted octanol–water partition coefficient (Wildman–Crippen LogP) is 4.32. The fraction of sp³-hybridized carbons (Fsp3) is 1.00. The topological polar surface area (TPSA) is 3.24 Å². The van der Waals surface area contributed by atoms with Gasteiger partial charge in [0.2, 0.25) is 0 Å². The van der Waals surface area contributed by atoms with Crippen LogP contribution in [0.2, 0.25) is 0 Å². The first-order valence-corrected chi connectivity index (χ1v) is 6.26. The van der Waals surface area contributed by atoms with Gasteiger partial charge in [-0.3, -0.25) is 0 Å². The van der Waals surface area contributed by atoms with Crippen molar-refractivity contribution in [2.24, 2.45) is 0 Å². The molecule has 0 N–H and O–H groups in total. The predicted molar refractivity (Wildman–Crippen MR) is 67.9 cm³/mol. The average Bonchev–Trinajstić information content (AvgIpc) is 2.10. The second-order valence-corrected chi connectivity index (χ2v) is 4.46. The molecule has 0 aliphatic heterocycles. The Balaban J connectivity index is 0. The average molecular weight is 201 g/mol. The Hall–Kier alpha value is -0.0400. The van der Waals surface area contributed by atoms with Crippen molar-refractivity contribution < 1.29 is 0 Å². The van der Waals surface area contributed by atoms with Gasteiger partial charge in [-0.25, -0.2) is 0 Å². The molecular weight excluding hydrogens is 170 g/mol. The zero-order valence-electron chi connectivity index (χ0n) is 11.1. The van der Waals surface area contributed by atoms with Crippen LogP contribution < -0.4 is 0 Å². The molecular formula is C13H31N. The molecule has 0 spiro atoms. The third-order valence-corrected chi connectivity index (χ3v) is 1.96. The first kappa shape index (κ1) is 16.4. The molecule has 0 fully saturated rings. The third kappa shape index (κ3) is 29.7. The number of unbranched alkanes of at least 4 members (excludes halogenated alkanes) is 7. The highest BCUT2D eigenvalue weighted by Gasteiger charge is 1.87. The Morgan fingerprint density at radius 3 is 1.00 bits per heavy atom. The highest BCUT2D eigenvalue weighted by Crippen LogP contribution is 2.07. The smallest absolute Gasteiger partial charge is 0.0140 e. The second kappa shape index (κ2) is 15.4. The van der Waals surface area contributed by atoms with E-state index in [0.29, 0.717) is 0 Å². The lowest BCUT2D eigenvalue weighted by atomic mass is 10.1. The summed E-state index contributed by atoms with van der Waals surface area (Å²) in [4.78, 5) is 2.00. The van der Waals surface area contributed by atoms with Gasteiger partial charge in [-0.2, -0.15) is 0 Å². The van der Waals surface area contributed by atoms with E-state index in [-0.39, 0.29) is 0 Å². The molecule has 0 aromatic rings. The summed E-state index contributed by atoms with van der Waals surface area (Å²) in [6.45, 7) is 4.54. The van der Waals surface area contributed by atoms with Crippen LogP contribution in [0.3, 0.4) is 0 Å². The summed E-state index contributed by atoms with van der Waals surface area (Å²) in [5, 5.41) is 0. The quantitative estimate of drug-likeness (QED) is 0.554. The van der Waals surface area contributed by atoms with Crippen molar-refractivity contribution >= 4 is 0 Å². The molecule has 0 amide bonds. The van der Waals surface area contributed by atoms with Crippen LogP contribution in [-0.2, 0) is 0 Å². The van der Waals surface area contributed by atoms with Crippen molar-refractivity contribution in [1.29, 1.82) is 0 Å². The van der Waals surface area contributed by atoms with Crippen LogP contribution in [0, 0.1) is 0 Å². The fourth-order valence-corrected chi connectivity index (χ4v) is 1.21. The van der Waals surface area contributed by atoms with Crippen LogP contribution in [-0.4, -0.2) is 26.0 Å². The maximum Gasteiger partial charge on any atom is -0.0140 e. The zero-order valence-corrected chi connectivity index (χ0v) is 11.1. The van der Waals surface area contributed by atoms with Gasteiger partial charge in [0, 0.05) is 0 Å². The molecule has 14 heavy (non-hydrogen) atoms. The van der Waals surface area contributed by atoms with Crippen LogP contribution in [0.5, 0.6) is 0 Å². The van der Waals surface area contributed by atoms with E-state index in [9.17, 15) is 0 Å². The number of hydrogen-bond donors (Lipinski definition) is 0. The van der Waals surface area contributed by atoms with Crippen LogP contribution in [0.1, 0.15) is 65.2 Å². The van der Waals surface area contributed by atoms with Gasteiger partial charge >= 0.3 is 0 Å². The summed E-state index contributed by atoms with van der Waals surface area (Å²) in [6, 6.07) is 0. The first-order valence-electron chi connectivity index (χ1n) is 6.26. The Kier molecular flexibility index (Phi) is 18.1. The van der Waals surface area contributed by atoms with Gasteiger partial charge in [-0.1, -0.05) is 65.2 Å². The van der Waals surface area contributed by atoms with Crippen molar-refractivity contribution in [3.8, 4) is 0 Å². The summed E-state index contributed by atoms with van der Waals surface area (Å²) >= 11 is 0. The Morgan fingerprint density at radius 1 is 0.571 bits per heavy atom. The lowest BCUT2D eigenvalue weighted by Crippen LogP contribution is -1.99. The van der Waals surface area contributed by atoms with E-state index in [4.69, 9.17) is 0 Å². The van der Waals surface area contributed by atoms with Crippen LogP contribution in [0.4, 0.5) is 0 Å². The minimum Gasteiger partial charge on any atom is -0.312 e. The Labute approximate surface area is 91.9 Å². The first-order chi connectivity index (χ1) is 6.65. The van der Waals surface area contributed by atoms with Gasteiger partial charge in [0.25, 0.3) is 0 Å². The van der Waals surface area contributed by atoms with Gasteiger partial charge in [-0.05, 0) is 21.1 Å². The van der Waals surface area contributed by atoms with E-state index in [2.05, 4.69) is 13.8 Å². The highest BCUT2D eigenvalue weighted by atomic mass is 15.0. The number of nitrogens with zero attached hydrogens (tertiary/aromatic N) is 1. The van der Waals surface area contributed by atoms with Gasteiger partial charge in [0.05, 0.1) is 0 Å². The maximum atomic E-state index is 2.27. The van der Waals surface area contributed by atoms with Crippen LogP contribution >= 0.6 is 0 Å². The normalized spacial score (nSPS) is 9.86. The molecule has 0 heterocycles. The zero-order chi connectivity index (χ0) is 11.2. The van der Waals surface area contributed by atoms with Crippen LogP contribution in [0.25, 0.3) is 0 Å². The summed E-state index contributed by atoms with van der Waals surface area (Å²) in [5.74, 6) is 0. The Bertz CT molecular complexity index is 68.5. The molecule has 0 aromatic carbocycles. The van der Waals surface area contributed by atoms with Crippen molar-refractivity contribution in [1.82, 2.24) is 4.90 Å². The molecule has 0 aliphatic rings. The standard InChI is InChI=1S/C10H22.C3H9N/c1-3-5-7-9-10-8-6-4-2;1-4(2)3/h3-10H2,1-2H3;1-3H3. The minimum absolute atomic E-state index is 1.37. The van der Waals surface area contributed by atoms with Gasteiger partial charge in [0.1, 0.15) is 0 Å². The van der Waals surface area contributed by atoms with Gasteiger partial charge in [-0.15, -0.1) is 0 Å². The summed E-state index contributed by atoms with van der Waals surface area (Å²) in [7, 11) is 6.00. The van der Waals surface area contributed by atoms with Crippen molar-refractivity contribution in [2.75, 3.05) is 21.1 Å². The SMILES string of the molecule is CCCCCCCCCC.CN(C)C. The van der Waals surface area contributed by atoms with E-state index in [1.54, 1.807) is 0 Å². The lowest BCUT2D eigenvalue weighted by Gasteiger charge is -1.97. The second-order valence-electron chi connectivity index (χ2n) is 4.46. The lowest BCUT2D eigenvalue weighted by molar-refractivity contribution is 0.505. The molecule has 0 aromatic heterocycles. The molecule has 0 rings (SSSR count). The molecule has 0 saturated carbocycles. The molecule has 0 unspecified atom stereocenters. The van der Waals surface area contributed by atoms with E-state index in [1.807, 2.05) is 26.0 Å². The molecule has 0 saturated heterocycles. The van der Waals surface area contributed by atoms with Crippen molar-refractivity contribution in [2.45, 2.75) is 65.2 Å². The fourth-order valence-electron chi connectivity index (χ4n) is 1.21. The molecule has 1 heteroatoms. The monoisotopic (exact) mass is 201 g/mol. The van der Waals surface area contributed by atoms with Crippen molar-refractivity contribution in [3.05, 3.63) is 0 Å². The molecule has 0 aliphatic carbocycles. The van der Waals surface area contributed by atoms with Gasteiger partial charge in [0.15, 0.2) is 0 Å². The van der Waals surface area contributed by atoms with E-state index >= 15 is 0 Å². The van der Waals surface area contributed by atoms with Crippen LogP contribution in [0.15, 0.2) is 0 Å². The molecule has 0 radical (unpaired) electrons. The van der Waals surface area contributed by atoms with Crippen molar-refractivity contribution in [3.63, 3.8) is 0 Å². The molecule has 0 atom stereocenters. The van der Waals surface area contributed by atoms with E-state index < -0.39 is 0 Å². The molecule has 0 bridgehead atoms. The number of rotatable bonds is 7. The van der Waals surface area contributed by atoms with Gasteiger partial charge < -0.3 is 4.90 Å². The third-order valence-electron chi connectivity index (χ3n) is 1.96. The number of hydrogen-bond acceptors (Lipinski definition) is 1.